The van der Waals surface area contributed by atoms with Gasteiger partial charge in [0.15, 0.2) is 0 Å². The number of nitrogens with zero attached hydrogens (tertiary/aromatic N) is 2. The van der Waals surface area contributed by atoms with E-state index < -0.39 is 0 Å². The zero-order valence-corrected chi connectivity index (χ0v) is 9.56. The van der Waals surface area contributed by atoms with Crippen LogP contribution < -0.4 is 0 Å². The molecule has 0 amide bonds. The third-order valence-corrected chi connectivity index (χ3v) is 3.59. The lowest BCUT2D eigenvalue weighted by Gasteiger charge is -2.40. The Bertz CT molecular complexity index is 190. The van der Waals surface area contributed by atoms with Crippen molar-refractivity contribution in [2.24, 2.45) is 0 Å². The normalized spacial score (nSPS) is 26.8. The molecule has 86 valence electrons. The van der Waals surface area contributed by atoms with Crippen molar-refractivity contribution in [2.75, 3.05) is 39.4 Å². The Hall–Kier alpha value is -0.0951. The third kappa shape index (κ3) is 2.94. The highest BCUT2D eigenvalue weighted by atomic mass is 16.5. The molecule has 4 nitrogen and oxygen atoms in total. The highest BCUT2D eigenvalue weighted by Gasteiger charge is 2.28. The molecule has 0 saturated carbocycles. The van der Waals surface area contributed by atoms with Crippen LogP contribution in [0.25, 0.3) is 0 Å². The molecule has 0 bridgehead atoms. The summed E-state index contributed by atoms with van der Waals surface area (Å²) in [5.74, 6) is 0. The van der Waals surface area contributed by atoms with Crippen LogP contribution >= 0.6 is 0 Å². The van der Waals surface area contributed by atoms with Gasteiger partial charge < -0.3 is 14.6 Å². The number of morpholine rings is 1. The summed E-state index contributed by atoms with van der Waals surface area (Å²) in [7, 11) is -0.282. The van der Waals surface area contributed by atoms with Crippen LogP contribution in [0, 0.1) is 0 Å². The average molecular weight is 212 g/mol. The first-order valence-electron chi connectivity index (χ1n) is 6.01. The first-order valence-corrected chi connectivity index (χ1v) is 6.01. The monoisotopic (exact) mass is 212 g/mol. The van der Waals surface area contributed by atoms with Gasteiger partial charge in [0.1, 0.15) is 0 Å². The number of ether oxygens (including phenoxy) is 1. The summed E-state index contributed by atoms with van der Waals surface area (Å²) in [4.78, 5) is 4.69. The molecule has 2 aliphatic heterocycles. The topological polar surface area (TPSA) is 35.9 Å². The van der Waals surface area contributed by atoms with Crippen molar-refractivity contribution in [3.05, 3.63) is 0 Å². The Morgan fingerprint density at radius 2 is 1.73 bits per heavy atom. The largest absolute Gasteiger partial charge is 0.437 e. The van der Waals surface area contributed by atoms with E-state index in [2.05, 4.69) is 9.71 Å². The predicted molar refractivity (Wildman–Crippen MR) is 60.8 cm³/mol. The number of hydrogen-bond acceptors (Lipinski definition) is 4. The lowest BCUT2D eigenvalue weighted by molar-refractivity contribution is 0.00520. The maximum absolute atomic E-state index is 9.47. The lowest BCUT2D eigenvalue weighted by atomic mass is 9.82. The summed E-state index contributed by atoms with van der Waals surface area (Å²) < 4.78 is 5.36. The Morgan fingerprint density at radius 1 is 1.13 bits per heavy atom. The van der Waals surface area contributed by atoms with Crippen molar-refractivity contribution >= 4 is 7.05 Å². The molecule has 0 spiro atoms. The van der Waals surface area contributed by atoms with Crippen LogP contribution in [-0.4, -0.2) is 67.2 Å². The van der Waals surface area contributed by atoms with E-state index in [0.717, 1.165) is 39.4 Å². The summed E-state index contributed by atoms with van der Waals surface area (Å²) >= 11 is 0. The molecule has 5 heteroatoms. The minimum Gasteiger partial charge on any atom is -0.437 e. The van der Waals surface area contributed by atoms with Crippen LogP contribution in [0.4, 0.5) is 0 Å². The smallest absolute Gasteiger partial charge is 0.376 e. The molecule has 2 saturated heterocycles. The molecular weight excluding hydrogens is 191 g/mol. The van der Waals surface area contributed by atoms with Crippen molar-refractivity contribution < 1.29 is 9.76 Å². The van der Waals surface area contributed by atoms with Gasteiger partial charge in [-0.25, -0.2) is 0 Å². The molecule has 2 heterocycles. The molecule has 2 rings (SSSR count). The van der Waals surface area contributed by atoms with Gasteiger partial charge in [-0.2, -0.15) is 0 Å². The Labute approximate surface area is 92.3 Å². The maximum atomic E-state index is 9.47. The highest BCUT2D eigenvalue weighted by molar-refractivity contribution is 6.45. The van der Waals surface area contributed by atoms with Crippen LogP contribution in [0.5, 0.6) is 0 Å². The van der Waals surface area contributed by atoms with Gasteiger partial charge >= 0.3 is 7.05 Å². The van der Waals surface area contributed by atoms with E-state index in [-0.39, 0.29) is 7.05 Å². The van der Waals surface area contributed by atoms with Crippen molar-refractivity contribution in [3.8, 4) is 0 Å². The third-order valence-electron chi connectivity index (χ3n) is 3.59. The minimum atomic E-state index is -0.282. The quantitative estimate of drug-likeness (QED) is 0.648. The molecule has 0 aromatic heterocycles. The SMILES string of the molecule is CB(O)N1CCC(N2CCOCC2)CC1. The van der Waals surface area contributed by atoms with Crippen LogP contribution in [0.3, 0.4) is 0 Å². The van der Waals surface area contributed by atoms with Gasteiger partial charge in [0, 0.05) is 19.1 Å². The van der Waals surface area contributed by atoms with E-state index in [4.69, 9.17) is 4.74 Å². The van der Waals surface area contributed by atoms with Gasteiger partial charge in [-0.15, -0.1) is 0 Å². The average Bonchev–Trinajstić information content (AvgIpc) is 2.30. The van der Waals surface area contributed by atoms with Crippen molar-refractivity contribution in [3.63, 3.8) is 0 Å². The molecule has 0 aromatic carbocycles. The van der Waals surface area contributed by atoms with Gasteiger partial charge in [-0.3, -0.25) is 4.90 Å². The fourth-order valence-corrected chi connectivity index (χ4v) is 2.57. The van der Waals surface area contributed by atoms with Gasteiger partial charge in [0.25, 0.3) is 0 Å². The van der Waals surface area contributed by atoms with Gasteiger partial charge in [-0.05, 0) is 32.8 Å². The van der Waals surface area contributed by atoms with E-state index in [1.165, 1.54) is 12.8 Å². The van der Waals surface area contributed by atoms with Crippen molar-refractivity contribution in [1.29, 1.82) is 0 Å². The predicted octanol–water partition coefficient (Wildman–Crippen LogP) is -0.107. The lowest BCUT2D eigenvalue weighted by Crippen LogP contribution is -2.51. The highest BCUT2D eigenvalue weighted by Crippen LogP contribution is 2.17. The fourth-order valence-electron chi connectivity index (χ4n) is 2.57. The summed E-state index contributed by atoms with van der Waals surface area (Å²) in [6.07, 6.45) is 2.37. The molecule has 1 N–H and O–H groups in total. The molecule has 2 aliphatic rings. The molecule has 0 aliphatic carbocycles. The van der Waals surface area contributed by atoms with Gasteiger partial charge in [0.2, 0.25) is 0 Å². The number of piperidine rings is 1. The van der Waals surface area contributed by atoms with Crippen LogP contribution in [0.15, 0.2) is 0 Å². The van der Waals surface area contributed by atoms with E-state index >= 15 is 0 Å². The molecular formula is C10H21BN2O2. The Morgan fingerprint density at radius 3 is 2.27 bits per heavy atom. The number of hydrogen-bond donors (Lipinski definition) is 1. The molecule has 0 atom stereocenters. The fraction of sp³-hybridized carbons (Fsp3) is 1.00. The summed E-state index contributed by atoms with van der Waals surface area (Å²) in [6.45, 7) is 7.85. The number of rotatable bonds is 2. The van der Waals surface area contributed by atoms with Crippen LogP contribution in [0.1, 0.15) is 12.8 Å². The van der Waals surface area contributed by atoms with Crippen molar-refractivity contribution in [1.82, 2.24) is 9.71 Å². The molecule has 0 aromatic rings. The first-order chi connectivity index (χ1) is 7.27. The van der Waals surface area contributed by atoms with Gasteiger partial charge in [0.05, 0.1) is 13.2 Å². The second-order valence-corrected chi connectivity index (χ2v) is 4.55. The minimum absolute atomic E-state index is 0.282. The zero-order valence-electron chi connectivity index (χ0n) is 9.56. The molecule has 0 unspecified atom stereocenters. The molecule has 15 heavy (non-hydrogen) atoms. The van der Waals surface area contributed by atoms with E-state index in [9.17, 15) is 5.02 Å². The van der Waals surface area contributed by atoms with E-state index in [1.807, 2.05) is 6.82 Å². The summed E-state index contributed by atoms with van der Waals surface area (Å²) in [6, 6.07) is 0.712. The van der Waals surface area contributed by atoms with Crippen LogP contribution in [-0.2, 0) is 4.74 Å². The van der Waals surface area contributed by atoms with E-state index in [1.54, 1.807) is 0 Å². The van der Waals surface area contributed by atoms with Crippen LogP contribution in [0.2, 0.25) is 6.82 Å². The second kappa shape index (κ2) is 5.30. The zero-order chi connectivity index (χ0) is 10.7. The Kier molecular flexibility index (Phi) is 4.02. The first kappa shape index (κ1) is 11.4. The van der Waals surface area contributed by atoms with Gasteiger partial charge in [-0.1, -0.05) is 0 Å². The Balaban J connectivity index is 1.77. The second-order valence-electron chi connectivity index (χ2n) is 4.55. The van der Waals surface area contributed by atoms with Crippen molar-refractivity contribution in [2.45, 2.75) is 25.7 Å². The maximum Gasteiger partial charge on any atom is 0.376 e. The summed E-state index contributed by atoms with van der Waals surface area (Å²) in [5, 5.41) is 9.47. The van der Waals surface area contributed by atoms with E-state index in [0.29, 0.717) is 6.04 Å². The summed E-state index contributed by atoms with van der Waals surface area (Å²) in [5.41, 5.74) is 0. The molecule has 2 fully saturated rings. The molecule has 0 radical (unpaired) electrons. The standard InChI is InChI=1S/C10H21BN2O2/c1-11(14)13-4-2-10(3-5-13)12-6-8-15-9-7-12/h10,14H,2-9H2,1H3.